The van der Waals surface area contributed by atoms with Crippen LogP contribution in [0.5, 0.6) is 11.5 Å². The zero-order valence-corrected chi connectivity index (χ0v) is 16.1. The van der Waals surface area contributed by atoms with Crippen molar-refractivity contribution >= 4 is 12.0 Å². The Hall–Kier alpha value is -2.75. The highest BCUT2D eigenvalue weighted by Gasteiger charge is 2.15. The molecule has 0 aliphatic heterocycles. The van der Waals surface area contributed by atoms with Crippen LogP contribution in [0.2, 0.25) is 0 Å². The molecule has 0 aliphatic rings. The van der Waals surface area contributed by atoms with Gasteiger partial charge < -0.3 is 14.4 Å². The van der Waals surface area contributed by atoms with E-state index in [9.17, 15) is 4.79 Å². The number of likely N-dealkylation sites (N-methyl/N-ethyl adjacent to an activating group) is 1. The predicted molar refractivity (Wildman–Crippen MR) is 105 cm³/mol. The van der Waals surface area contributed by atoms with E-state index in [1.807, 2.05) is 76.3 Å². The van der Waals surface area contributed by atoms with Crippen LogP contribution in [0.3, 0.4) is 0 Å². The van der Waals surface area contributed by atoms with Crippen LogP contribution in [0.15, 0.2) is 54.6 Å². The topological polar surface area (TPSA) is 38.8 Å². The van der Waals surface area contributed by atoms with E-state index in [-0.39, 0.29) is 18.1 Å². The van der Waals surface area contributed by atoms with Gasteiger partial charge in [0.15, 0.2) is 11.5 Å². The maximum atomic E-state index is 12.5. The zero-order valence-electron chi connectivity index (χ0n) is 16.1. The van der Waals surface area contributed by atoms with Gasteiger partial charge in [-0.05, 0) is 50.1 Å². The number of ether oxygens (including phenoxy) is 2. The molecule has 26 heavy (non-hydrogen) atoms. The lowest BCUT2D eigenvalue weighted by atomic mass is 10.1. The van der Waals surface area contributed by atoms with Gasteiger partial charge in [-0.3, -0.25) is 4.79 Å². The highest BCUT2D eigenvalue weighted by molar-refractivity contribution is 5.92. The maximum absolute atomic E-state index is 12.5. The monoisotopic (exact) mass is 353 g/mol. The summed E-state index contributed by atoms with van der Waals surface area (Å²) < 4.78 is 11.1. The minimum absolute atomic E-state index is 0.00436. The van der Waals surface area contributed by atoms with E-state index >= 15 is 0 Å². The summed E-state index contributed by atoms with van der Waals surface area (Å²) in [6.45, 7) is 5.95. The van der Waals surface area contributed by atoms with Crippen LogP contribution in [0.25, 0.3) is 6.08 Å². The van der Waals surface area contributed by atoms with Crippen molar-refractivity contribution in [2.75, 3.05) is 14.2 Å². The number of benzene rings is 2. The number of hydrogen-bond acceptors (Lipinski definition) is 3. The molecule has 4 nitrogen and oxygen atoms in total. The fraction of sp³-hybridized carbons (Fsp3) is 0.318. The Morgan fingerprint density at radius 3 is 2.35 bits per heavy atom. The summed E-state index contributed by atoms with van der Waals surface area (Å²) in [5.41, 5.74) is 1.99. The Bertz CT molecular complexity index is 753. The highest BCUT2D eigenvalue weighted by atomic mass is 16.5. The molecule has 1 atom stereocenters. The molecule has 0 bridgehead atoms. The van der Waals surface area contributed by atoms with Crippen molar-refractivity contribution in [3.8, 4) is 11.5 Å². The van der Waals surface area contributed by atoms with Crippen LogP contribution < -0.4 is 9.47 Å². The first-order valence-electron chi connectivity index (χ1n) is 8.77. The maximum Gasteiger partial charge on any atom is 0.246 e. The molecule has 0 heterocycles. The van der Waals surface area contributed by atoms with Gasteiger partial charge in [-0.1, -0.05) is 36.4 Å². The Morgan fingerprint density at radius 1 is 1.04 bits per heavy atom. The van der Waals surface area contributed by atoms with Crippen LogP contribution in [-0.2, 0) is 4.79 Å². The standard InChI is InChI=1S/C22H27NO3/c1-16(2)26-20-13-11-18(15-21(20)25-5)12-14-22(24)23(4)17(3)19-9-7-6-8-10-19/h6-17H,1-5H3. The molecule has 0 saturated carbocycles. The smallest absolute Gasteiger partial charge is 0.246 e. The number of carbonyl (C=O) groups is 1. The summed E-state index contributed by atoms with van der Waals surface area (Å²) in [6.07, 6.45) is 3.44. The number of amides is 1. The van der Waals surface area contributed by atoms with Gasteiger partial charge in [0, 0.05) is 13.1 Å². The van der Waals surface area contributed by atoms with Crippen molar-refractivity contribution in [2.45, 2.75) is 32.9 Å². The fourth-order valence-electron chi connectivity index (χ4n) is 2.57. The number of hydrogen-bond donors (Lipinski definition) is 0. The van der Waals surface area contributed by atoms with Crippen molar-refractivity contribution in [1.29, 1.82) is 0 Å². The second-order valence-corrected chi connectivity index (χ2v) is 6.45. The third kappa shape index (κ3) is 5.12. The molecule has 0 fully saturated rings. The minimum Gasteiger partial charge on any atom is -0.493 e. The third-order valence-corrected chi connectivity index (χ3v) is 4.18. The molecule has 0 saturated heterocycles. The van der Waals surface area contributed by atoms with E-state index in [1.165, 1.54) is 0 Å². The SMILES string of the molecule is COc1cc(C=CC(=O)N(C)C(C)c2ccccc2)ccc1OC(C)C. The molecule has 4 heteroatoms. The van der Waals surface area contributed by atoms with E-state index in [4.69, 9.17) is 9.47 Å². The van der Waals surface area contributed by atoms with Gasteiger partial charge in [0.1, 0.15) is 0 Å². The number of carbonyl (C=O) groups excluding carboxylic acids is 1. The molecule has 1 unspecified atom stereocenters. The van der Waals surface area contributed by atoms with Crippen LogP contribution in [0.4, 0.5) is 0 Å². The van der Waals surface area contributed by atoms with Crippen molar-refractivity contribution in [2.24, 2.45) is 0 Å². The largest absolute Gasteiger partial charge is 0.493 e. The van der Waals surface area contributed by atoms with Gasteiger partial charge in [0.25, 0.3) is 0 Å². The van der Waals surface area contributed by atoms with Crippen molar-refractivity contribution in [3.63, 3.8) is 0 Å². The molecule has 1 amide bonds. The summed E-state index contributed by atoms with van der Waals surface area (Å²) in [7, 11) is 3.42. The predicted octanol–water partition coefficient (Wildman–Crippen LogP) is 4.72. The molecule has 2 aromatic rings. The Labute approximate surface area is 156 Å². The van der Waals surface area contributed by atoms with E-state index in [0.717, 1.165) is 11.1 Å². The first-order valence-corrected chi connectivity index (χ1v) is 8.77. The highest BCUT2D eigenvalue weighted by Crippen LogP contribution is 2.29. The fourth-order valence-corrected chi connectivity index (χ4v) is 2.57. The summed E-state index contributed by atoms with van der Waals surface area (Å²) in [6, 6.07) is 15.6. The molecule has 0 radical (unpaired) electrons. The van der Waals surface area contributed by atoms with Crippen molar-refractivity contribution < 1.29 is 14.3 Å². The van der Waals surface area contributed by atoms with E-state index in [1.54, 1.807) is 24.2 Å². The third-order valence-electron chi connectivity index (χ3n) is 4.18. The molecule has 0 spiro atoms. The number of nitrogens with zero attached hydrogens (tertiary/aromatic N) is 1. The van der Waals surface area contributed by atoms with Gasteiger partial charge in [-0.15, -0.1) is 0 Å². The van der Waals surface area contributed by atoms with Gasteiger partial charge >= 0.3 is 0 Å². The molecule has 0 aliphatic carbocycles. The van der Waals surface area contributed by atoms with Gasteiger partial charge in [-0.25, -0.2) is 0 Å². The minimum atomic E-state index is -0.0529. The number of rotatable bonds is 7. The molecule has 2 rings (SSSR count). The van der Waals surface area contributed by atoms with Crippen LogP contribution in [0.1, 0.15) is 37.9 Å². The van der Waals surface area contributed by atoms with Crippen molar-refractivity contribution in [3.05, 3.63) is 65.7 Å². The quantitative estimate of drug-likeness (QED) is 0.676. The summed E-state index contributed by atoms with van der Waals surface area (Å²) in [5.74, 6) is 1.29. The lowest BCUT2D eigenvalue weighted by Gasteiger charge is -2.24. The molecule has 0 aromatic heterocycles. The first-order chi connectivity index (χ1) is 12.4. The molecule has 138 valence electrons. The zero-order chi connectivity index (χ0) is 19.1. The second kappa shape index (κ2) is 9.09. The van der Waals surface area contributed by atoms with E-state index < -0.39 is 0 Å². The first kappa shape index (κ1) is 19.6. The van der Waals surface area contributed by atoms with Gasteiger partial charge in [0.2, 0.25) is 5.91 Å². The van der Waals surface area contributed by atoms with Crippen molar-refractivity contribution in [1.82, 2.24) is 4.90 Å². The average Bonchev–Trinajstić information content (AvgIpc) is 2.65. The van der Waals surface area contributed by atoms with Crippen LogP contribution >= 0.6 is 0 Å². The summed E-state index contributed by atoms with van der Waals surface area (Å²) >= 11 is 0. The average molecular weight is 353 g/mol. The molecular formula is C22H27NO3. The Kier molecular flexibility index (Phi) is 6.84. The van der Waals surface area contributed by atoms with Crippen LogP contribution in [-0.4, -0.2) is 31.1 Å². The summed E-state index contributed by atoms with van der Waals surface area (Å²) in [5, 5.41) is 0. The lowest BCUT2D eigenvalue weighted by molar-refractivity contribution is -0.126. The Morgan fingerprint density at radius 2 is 1.73 bits per heavy atom. The van der Waals surface area contributed by atoms with E-state index in [2.05, 4.69) is 0 Å². The van der Waals surface area contributed by atoms with Crippen LogP contribution in [0, 0.1) is 0 Å². The normalized spacial score (nSPS) is 12.2. The van der Waals surface area contributed by atoms with Gasteiger partial charge in [-0.2, -0.15) is 0 Å². The van der Waals surface area contributed by atoms with Gasteiger partial charge in [0.05, 0.1) is 19.3 Å². The molecular weight excluding hydrogens is 326 g/mol. The lowest BCUT2D eigenvalue weighted by Crippen LogP contribution is -2.27. The Balaban J connectivity index is 2.09. The molecule has 2 aromatic carbocycles. The second-order valence-electron chi connectivity index (χ2n) is 6.45. The van der Waals surface area contributed by atoms with E-state index in [0.29, 0.717) is 11.5 Å². The molecule has 0 N–H and O–H groups in total. The summed E-state index contributed by atoms with van der Waals surface area (Å²) in [4.78, 5) is 14.2. The number of methoxy groups -OCH3 is 1.